The van der Waals surface area contributed by atoms with Crippen molar-refractivity contribution in [1.29, 1.82) is 10.5 Å². The lowest BCUT2D eigenvalue weighted by molar-refractivity contribution is 0.405. The highest BCUT2D eigenvalue weighted by Crippen LogP contribution is 2.31. The van der Waals surface area contributed by atoms with Crippen LogP contribution in [0.3, 0.4) is 0 Å². The van der Waals surface area contributed by atoms with Gasteiger partial charge in [-0.1, -0.05) is 0 Å². The van der Waals surface area contributed by atoms with Gasteiger partial charge in [-0.25, -0.2) is 0 Å². The first-order chi connectivity index (χ1) is 7.65. The van der Waals surface area contributed by atoms with E-state index in [9.17, 15) is 10.2 Å². The summed E-state index contributed by atoms with van der Waals surface area (Å²) in [5, 5.41) is 37.5. The Labute approximate surface area is 91.2 Å². The van der Waals surface area contributed by atoms with E-state index in [2.05, 4.69) is 0 Å². The summed E-state index contributed by atoms with van der Waals surface area (Å²) in [4.78, 5) is 0. The molecule has 0 aliphatic heterocycles. The van der Waals surface area contributed by atoms with Gasteiger partial charge in [-0.15, -0.1) is 0 Å². The van der Waals surface area contributed by atoms with E-state index in [0.29, 0.717) is 10.8 Å². The number of aromatic hydroxyl groups is 2. The van der Waals surface area contributed by atoms with Gasteiger partial charge in [0.15, 0.2) is 11.5 Å². The molecule has 0 spiro atoms. The summed E-state index contributed by atoms with van der Waals surface area (Å²) >= 11 is 0. The molecule has 76 valence electrons. The number of rotatable bonds is 0. The minimum Gasteiger partial charge on any atom is -0.504 e. The van der Waals surface area contributed by atoms with E-state index in [1.54, 1.807) is 0 Å². The van der Waals surface area contributed by atoms with E-state index < -0.39 is 0 Å². The van der Waals surface area contributed by atoms with E-state index in [0.717, 1.165) is 0 Å². The van der Waals surface area contributed by atoms with Crippen LogP contribution in [-0.2, 0) is 0 Å². The average Bonchev–Trinajstić information content (AvgIpc) is 2.29. The van der Waals surface area contributed by atoms with Gasteiger partial charge in [0.25, 0.3) is 0 Å². The van der Waals surface area contributed by atoms with Gasteiger partial charge in [-0.2, -0.15) is 10.5 Å². The van der Waals surface area contributed by atoms with Crippen molar-refractivity contribution in [3.05, 3.63) is 35.4 Å². The van der Waals surface area contributed by atoms with Crippen LogP contribution in [0.15, 0.2) is 24.3 Å². The molecule has 2 N–H and O–H groups in total. The summed E-state index contributed by atoms with van der Waals surface area (Å²) in [6.45, 7) is 0. The fraction of sp³-hybridized carbons (Fsp3) is 0. The van der Waals surface area contributed by atoms with Crippen molar-refractivity contribution in [1.82, 2.24) is 0 Å². The van der Waals surface area contributed by atoms with Gasteiger partial charge in [0.1, 0.15) is 12.1 Å². The number of nitriles is 2. The molecule has 0 fully saturated rings. The zero-order chi connectivity index (χ0) is 11.7. The highest BCUT2D eigenvalue weighted by Gasteiger charge is 2.07. The number of fused-ring (bicyclic) bond motifs is 1. The maximum atomic E-state index is 9.31. The smallest absolute Gasteiger partial charge is 0.158 e. The molecule has 2 rings (SSSR count). The van der Waals surface area contributed by atoms with E-state index >= 15 is 0 Å². The number of nitrogens with zero attached hydrogens (tertiary/aromatic N) is 2. The van der Waals surface area contributed by atoms with Crippen molar-refractivity contribution in [3.8, 4) is 23.6 Å². The Kier molecular flexibility index (Phi) is 2.12. The first kappa shape index (κ1) is 9.82. The highest BCUT2D eigenvalue weighted by molar-refractivity contribution is 5.88. The molecule has 0 atom stereocenters. The molecule has 0 bridgehead atoms. The lowest BCUT2D eigenvalue weighted by Crippen LogP contribution is -1.84. The summed E-state index contributed by atoms with van der Waals surface area (Å²) in [5.74, 6) is -0.498. The Morgan fingerprint density at radius 3 is 1.44 bits per heavy atom. The molecule has 2 aromatic rings. The third-order valence-corrected chi connectivity index (χ3v) is 2.31. The highest BCUT2D eigenvalue weighted by atomic mass is 16.3. The van der Waals surface area contributed by atoms with E-state index in [1.165, 1.54) is 24.3 Å². The molecule has 0 radical (unpaired) electrons. The second-order valence-corrected chi connectivity index (χ2v) is 3.31. The molecular weight excluding hydrogens is 204 g/mol. The fourth-order valence-corrected chi connectivity index (χ4v) is 1.51. The Balaban J connectivity index is 2.86. The zero-order valence-corrected chi connectivity index (χ0v) is 8.10. The zero-order valence-electron chi connectivity index (χ0n) is 8.10. The summed E-state index contributed by atoms with van der Waals surface area (Å²) in [7, 11) is 0. The lowest BCUT2D eigenvalue weighted by Gasteiger charge is -2.03. The molecule has 0 saturated heterocycles. The SMILES string of the molecule is N#Cc1cc2cc(O)c(O)cc2cc1C#N. The van der Waals surface area contributed by atoms with Crippen LogP contribution in [0.4, 0.5) is 0 Å². The fourth-order valence-electron chi connectivity index (χ4n) is 1.51. The molecule has 4 nitrogen and oxygen atoms in total. The van der Waals surface area contributed by atoms with Gasteiger partial charge in [0.05, 0.1) is 11.1 Å². The summed E-state index contributed by atoms with van der Waals surface area (Å²) in [6.07, 6.45) is 0. The minimum absolute atomic E-state index is 0.249. The Morgan fingerprint density at radius 1 is 0.750 bits per heavy atom. The predicted molar refractivity (Wildman–Crippen MR) is 56.7 cm³/mol. The van der Waals surface area contributed by atoms with Crippen LogP contribution >= 0.6 is 0 Å². The second-order valence-electron chi connectivity index (χ2n) is 3.31. The van der Waals surface area contributed by atoms with Gasteiger partial charge in [0, 0.05) is 0 Å². The number of phenolic OH excluding ortho intramolecular Hbond substituents is 2. The largest absolute Gasteiger partial charge is 0.504 e. The normalized spacial score (nSPS) is 9.62. The summed E-state index contributed by atoms with van der Waals surface area (Å²) < 4.78 is 0. The van der Waals surface area contributed by atoms with Gasteiger partial charge in [0.2, 0.25) is 0 Å². The molecule has 0 saturated carbocycles. The third kappa shape index (κ3) is 1.39. The van der Waals surface area contributed by atoms with Crippen molar-refractivity contribution in [3.63, 3.8) is 0 Å². The van der Waals surface area contributed by atoms with Crippen LogP contribution in [0.5, 0.6) is 11.5 Å². The van der Waals surface area contributed by atoms with Gasteiger partial charge < -0.3 is 10.2 Å². The minimum atomic E-state index is -0.249. The Bertz CT molecular complexity index is 605. The van der Waals surface area contributed by atoms with Crippen LogP contribution < -0.4 is 0 Å². The van der Waals surface area contributed by atoms with E-state index in [-0.39, 0.29) is 22.6 Å². The monoisotopic (exact) mass is 210 g/mol. The molecule has 4 heteroatoms. The molecule has 0 heterocycles. The quantitative estimate of drug-likeness (QED) is 0.651. The predicted octanol–water partition coefficient (Wildman–Crippen LogP) is 1.99. The standard InChI is InChI=1S/C12H6N2O2/c13-5-9-1-7-3-11(15)12(16)4-8(7)2-10(9)6-14/h1-4,15-16H. The van der Waals surface area contributed by atoms with Crippen molar-refractivity contribution < 1.29 is 10.2 Å². The molecular formula is C12H6N2O2. The maximum absolute atomic E-state index is 9.31. The molecule has 0 aliphatic carbocycles. The maximum Gasteiger partial charge on any atom is 0.158 e. The van der Waals surface area contributed by atoms with E-state index in [4.69, 9.17) is 10.5 Å². The molecule has 2 aromatic carbocycles. The van der Waals surface area contributed by atoms with Crippen molar-refractivity contribution in [2.75, 3.05) is 0 Å². The van der Waals surface area contributed by atoms with Gasteiger partial charge >= 0.3 is 0 Å². The Morgan fingerprint density at radius 2 is 1.12 bits per heavy atom. The van der Waals surface area contributed by atoms with Crippen molar-refractivity contribution >= 4 is 10.8 Å². The number of hydrogen-bond acceptors (Lipinski definition) is 4. The van der Waals surface area contributed by atoms with Crippen LogP contribution in [0.25, 0.3) is 10.8 Å². The molecule has 0 amide bonds. The summed E-state index contributed by atoms with van der Waals surface area (Å²) in [5.41, 5.74) is 0.500. The first-order valence-electron chi connectivity index (χ1n) is 4.45. The van der Waals surface area contributed by atoms with Crippen molar-refractivity contribution in [2.24, 2.45) is 0 Å². The second kappa shape index (κ2) is 3.45. The molecule has 0 aliphatic rings. The number of phenols is 2. The van der Waals surface area contributed by atoms with Crippen LogP contribution in [0, 0.1) is 22.7 Å². The topological polar surface area (TPSA) is 88.0 Å². The molecule has 16 heavy (non-hydrogen) atoms. The molecule has 0 unspecified atom stereocenters. The number of benzene rings is 2. The average molecular weight is 210 g/mol. The molecule has 0 aromatic heterocycles. The van der Waals surface area contributed by atoms with Gasteiger partial charge in [-0.05, 0) is 35.0 Å². The summed E-state index contributed by atoms with van der Waals surface area (Å²) in [6, 6.07) is 9.53. The van der Waals surface area contributed by atoms with Crippen LogP contribution in [0.1, 0.15) is 11.1 Å². The van der Waals surface area contributed by atoms with Gasteiger partial charge in [-0.3, -0.25) is 0 Å². The lowest BCUT2D eigenvalue weighted by atomic mass is 10.0. The Hall–Kier alpha value is -2.72. The number of hydrogen-bond donors (Lipinski definition) is 2. The van der Waals surface area contributed by atoms with E-state index in [1.807, 2.05) is 12.1 Å². The van der Waals surface area contributed by atoms with Crippen LogP contribution in [0.2, 0.25) is 0 Å². The van der Waals surface area contributed by atoms with Crippen LogP contribution in [-0.4, -0.2) is 10.2 Å². The van der Waals surface area contributed by atoms with Crippen molar-refractivity contribution in [2.45, 2.75) is 0 Å². The third-order valence-electron chi connectivity index (χ3n) is 2.31. The first-order valence-corrected chi connectivity index (χ1v) is 4.45.